The molecule has 0 radical (unpaired) electrons. The fourth-order valence-electron chi connectivity index (χ4n) is 1.97. The van der Waals surface area contributed by atoms with Gasteiger partial charge in [-0.3, -0.25) is 4.79 Å². The van der Waals surface area contributed by atoms with E-state index in [0.717, 1.165) is 0 Å². The van der Waals surface area contributed by atoms with Gasteiger partial charge in [0.15, 0.2) is 0 Å². The minimum Gasteiger partial charge on any atom is -0.478 e. The van der Waals surface area contributed by atoms with Crippen LogP contribution < -0.4 is 4.74 Å². The lowest BCUT2D eigenvalue weighted by atomic mass is 10.0. The molecule has 0 aromatic heterocycles. The molecule has 2 atom stereocenters. The van der Waals surface area contributed by atoms with E-state index in [1.165, 1.54) is 24.3 Å². The standard InChI is InChI=1S/C14H15FO5/c1-2-18-14(17)12(11-7-8-19-13(11)16)20-10-5-3-9(15)4-6-10/h3-6,11-12H,2,7-8H2,1H3/t11-,12-/m0/s1. The number of carbonyl (C=O) groups excluding carboxylic acids is 2. The van der Waals surface area contributed by atoms with Gasteiger partial charge in [0.05, 0.1) is 13.2 Å². The van der Waals surface area contributed by atoms with Gasteiger partial charge in [0.25, 0.3) is 0 Å². The number of rotatable bonds is 5. The first-order valence-electron chi connectivity index (χ1n) is 6.37. The van der Waals surface area contributed by atoms with Gasteiger partial charge in [-0.2, -0.15) is 0 Å². The Balaban J connectivity index is 2.15. The van der Waals surface area contributed by atoms with E-state index in [9.17, 15) is 14.0 Å². The monoisotopic (exact) mass is 282 g/mol. The third-order valence-electron chi connectivity index (χ3n) is 2.94. The van der Waals surface area contributed by atoms with E-state index in [0.29, 0.717) is 12.2 Å². The molecule has 1 aliphatic heterocycles. The highest BCUT2D eigenvalue weighted by molar-refractivity contribution is 5.85. The SMILES string of the molecule is CCOC(=O)[C@@H](Oc1ccc(F)cc1)[C@@H]1CCOC1=O. The molecule has 5 nitrogen and oxygen atoms in total. The van der Waals surface area contributed by atoms with Crippen molar-refractivity contribution >= 4 is 11.9 Å². The van der Waals surface area contributed by atoms with Gasteiger partial charge in [0.2, 0.25) is 6.10 Å². The zero-order chi connectivity index (χ0) is 14.5. The van der Waals surface area contributed by atoms with E-state index in [1.807, 2.05) is 0 Å². The second-order valence-corrected chi connectivity index (χ2v) is 4.31. The van der Waals surface area contributed by atoms with Crippen molar-refractivity contribution in [3.63, 3.8) is 0 Å². The second-order valence-electron chi connectivity index (χ2n) is 4.31. The Kier molecular flexibility index (Phi) is 4.55. The molecule has 0 amide bonds. The predicted octanol–water partition coefficient (Wildman–Crippen LogP) is 1.70. The molecule has 1 aliphatic rings. The quantitative estimate of drug-likeness (QED) is 0.769. The van der Waals surface area contributed by atoms with Gasteiger partial charge in [0, 0.05) is 0 Å². The number of carbonyl (C=O) groups is 2. The van der Waals surface area contributed by atoms with Gasteiger partial charge in [-0.05, 0) is 37.6 Å². The Morgan fingerprint density at radius 2 is 2.15 bits per heavy atom. The zero-order valence-electron chi connectivity index (χ0n) is 11.0. The lowest BCUT2D eigenvalue weighted by Gasteiger charge is -2.20. The van der Waals surface area contributed by atoms with Crippen molar-refractivity contribution in [2.75, 3.05) is 13.2 Å². The highest BCUT2D eigenvalue weighted by atomic mass is 19.1. The summed E-state index contributed by atoms with van der Waals surface area (Å²) in [5.41, 5.74) is 0. The number of hydrogen-bond donors (Lipinski definition) is 0. The van der Waals surface area contributed by atoms with E-state index in [2.05, 4.69) is 0 Å². The lowest BCUT2D eigenvalue weighted by Crippen LogP contribution is -2.39. The molecule has 1 aromatic carbocycles. The minimum absolute atomic E-state index is 0.184. The molecule has 1 aromatic rings. The molecule has 1 fully saturated rings. The Hall–Kier alpha value is -2.11. The Bertz CT molecular complexity index is 485. The number of halogens is 1. The Morgan fingerprint density at radius 3 is 2.70 bits per heavy atom. The average Bonchev–Trinajstić information content (AvgIpc) is 2.84. The van der Waals surface area contributed by atoms with Crippen LogP contribution in [0.1, 0.15) is 13.3 Å². The van der Waals surface area contributed by atoms with Gasteiger partial charge >= 0.3 is 11.9 Å². The molecular weight excluding hydrogens is 267 g/mol. The molecule has 6 heteroatoms. The Morgan fingerprint density at radius 1 is 1.45 bits per heavy atom. The summed E-state index contributed by atoms with van der Waals surface area (Å²) in [6.07, 6.45) is -0.681. The van der Waals surface area contributed by atoms with Gasteiger partial charge in [-0.15, -0.1) is 0 Å². The number of benzene rings is 1. The lowest BCUT2D eigenvalue weighted by molar-refractivity contribution is -0.159. The number of esters is 2. The zero-order valence-corrected chi connectivity index (χ0v) is 11.0. The smallest absolute Gasteiger partial charge is 0.348 e. The summed E-state index contributed by atoms with van der Waals surface area (Å²) in [5, 5.41) is 0. The van der Waals surface area contributed by atoms with Crippen LogP contribution in [0, 0.1) is 11.7 Å². The van der Waals surface area contributed by atoms with Crippen LogP contribution in [0.5, 0.6) is 5.75 Å². The minimum atomic E-state index is -1.07. The van der Waals surface area contributed by atoms with Gasteiger partial charge in [-0.1, -0.05) is 0 Å². The van der Waals surface area contributed by atoms with Crippen molar-refractivity contribution in [1.82, 2.24) is 0 Å². The summed E-state index contributed by atoms with van der Waals surface area (Å²) in [6, 6.07) is 5.21. The fraction of sp³-hybridized carbons (Fsp3) is 0.429. The number of cyclic esters (lactones) is 1. The van der Waals surface area contributed by atoms with E-state index < -0.39 is 29.8 Å². The fourth-order valence-corrected chi connectivity index (χ4v) is 1.97. The molecule has 0 bridgehead atoms. The van der Waals surface area contributed by atoms with E-state index in [4.69, 9.17) is 14.2 Å². The molecule has 0 saturated carbocycles. The van der Waals surface area contributed by atoms with Crippen LogP contribution in [-0.2, 0) is 19.1 Å². The summed E-state index contributed by atoms with van der Waals surface area (Å²) < 4.78 is 28.1. The van der Waals surface area contributed by atoms with E-state index in [-0.39, 0.29) is 13.2 Å². The summed E-state index contributed by atoms with van der Waals surface area (Å²) >= 11 is 0. The summed E-state index contributed by atoms with van der Waals surface area (Å²) in [5.74, 6) is -1.92. The van der Waals surface area contributed by atoms with Crippen LogP contribution in [0.25, 0.3) is 0 Å². The van der Waals surface area contributed by atoms with Gasteiger partial charge in [-0.25, -0.2) is 9.18 Å². The molecule has 2 rings (SSSR count). The van der Waals surface area contributed by atoms with Crippen molar-refractivity contribution in [3.05, 3.63) is 30.1 Å². The first-order valence-corrected chi connectivity index (χ1v) is 6.37. The summed E-state index contributed by atoms with van der Waals surface area (Å²) in [6.45, 7) is 2.11. The van der Waals surface area contributed by atoms with Gasteiger partial charge < -0.3 is 14.2 Å². The van der Waals surface area contributed by atoms with Crippen molar-refractivity contribution in [3.8, 4) is 5.75 Å². The molecule has 0 aliphatic carbocycles. The molecule has 0 spiro atoms. The largest absolute Gasteiger partial charge is 0.478 e. The highest BCUT2D eigenvalue weighted by Gasteiger charge is 2.41. The number of ether oxygens (including phenoxy) is 3. The molecule has 0 unspecified atom stereocenters. The van der Waals surface area contributed by atoms with Crippen molar-refractivity contribution < 1.29 is 28.2 Å². The topological polar surface area (TPSA) is 61.8 Å². The Labute approximate surface area is 115 Å². The summed E-state index contributed by atoms with van der Waals surface area (Å²) in [7, 11) is 0. The molecule has 1 saturated heterocycles. The first-order chi connectivity index (χ1) is 9.61. The average molecular weight is 282 g/mol. The summed E-state index contributed by atoms with van der Waals surface area (Å²) in [4.78, 5) is 23.5. The molecule has 108 valence electrons. The van der Waals surface area contributed by atoms with Crippen LogP contribution in [0.4, 0.5) is 4.39 Å². The molecule has 1 heterocycles. The predicted molar refractivity (Wildman–Crippen MR) is 66.5 cm³/mol. The molecule has 0 N–H and O–H groups in total. The third-order valence-corrected chi connectivity index (χ3v) is 2.94. The molecule has 20 heavy (non-hydrogen) atoms. The van der Waals surface area contributed by atoms with Crippen molar-refractivity contribution in [2.24, 2.45) is 5.92 Å². The van der Waals surface area contributed by atoms with Crippen molar-refractivity contribution in [2.45, 2.75) is 19.4 Å². The van der Waals surface area contributed by atoms with Crippen LogP contribution in [-0.4, -0.2) is 31.3 Å². The maximum Gasteiger partial charge on any atom is 0.348 e. The van der Waals surface area contributed by atoms with Crippen LogP contribution >= 0.6 is 0 Å². The first kappa shape index (κ1) is 14.3. The maximum atomic E-state index is 12.8. The van der Waals surface area contributed by atoms with Crippen LogP contribution in [0.2, 0.25) is 0 Å². The third kappa shape index (κ3) is 3.26. The van der Waals surface area contributed by atoms with Crippen LogP contribution in [0.15, 0.2) is 24.3 Å². The van der Waals surface area contributed by atoms with Gasteiger partial charge in [0.1, 0.15) is 17.5 Å². The van der Waals surface area contributed by atoms with Crippen LogP contribution in [0.3, 0.4) is 0 Å². The number of hydrogen-bond acceptors (Lipinski definition) is 5. The normalized spacial score (nSPS) is 19.3. The highest BCUT2D eigenvalue weighted by Crippen LogP contribution is 2.24. The molecular formula is C14H15FO5. The van der Waals surface area contributed by atoms with E-state index in [1.54, 1.807) is 6.92 Å². The second kappa shape index (κ2) is 6.36. The maximum absolute atomic E-state index is 12.8. The van der Waals surface area contributed by atoms with E-state index >= 15 is 0 Å². The van der Waals surface area contributed by atoms with Crippen molar-refractivity contribution in [1.29, 1.82) is 0 Å².